The first-order valence-electron chi connectivity index (χ1n) is 7.64. The molecule has 1 nitrogen and oxygen atoms in total. The third-order valence-electron chi connectivity index (χ3n) is 4.05. The second-order valence-corrected chi connectivity index (χ2v) is 5.87. The molecule has 0 aromatic heterocycles. The van der Waals surface area contributed by atoms with E-state index < -0.39 is 5.92 Å². The molecule has 0 N–H and O–H groups in total. The van der Waals surface area contributed by atoms with Gasteiger partial charge in [0.25, 0.3) is 5.92 Å². The molecule has 0 spiro atoms. The molecular weight excluding hydrogens is 299 g/mol. The fraction of sp³-hybridized carbons (Fsp3) is 0.263. The molecule has 2 aromatic carbocycles. The molecular formula is C19H18F3N. The van der Waals surface area contributed by atoms with Gasteiger partial charge in [0.2, 0.25) is 0 Å². The van der Waals surface area contributed by atoms with Crippen LogP contribution in [-0.2, 0) is 6.54 Å². The number of hydrogen-bond donors (Lipinski definition) is 0. The van der Waals surface area contributed by atoms with Gasteiger partial charge in [0.05, 0.1) is 6.54 Å². The van der Waals surface area contributed by atoms with Gasteiger partial charge in [-0.15, -0.1) is 0 Å². The average molecular weight is 317 g/mol. The first-order valence-corrected chi connectivity index (χ1v) is 7.64. The first kappa shape index (κ1) is 15.8. The molecule has 4 heteroatoms. The molecule has 0 bridgehead atoms. The van der Waals surface area contributed by atoms with Gasteiger partial charge in [-0.2, -0.15) is 0 Å². The topological polar surface area (TPSA) is 3.24 Å². The van der Waals surface area contributed by atoms with Crippen molar-refractivity contribution in [3.05, 3.63) is 77.1 Å². The van der Waals surface area contributed by atoms with Crippen molar-refractivity contribution >= 4 is 6.08 Å². The van der Waals surface area contributed by atoms with Crippen molar-refractivity contribution in [2.45, 2.75) is 18.9 Å². The van der Waals surface area contributed by atoms with Crippen molar-refractivity contribution in [3.63, 3.8) is 0 Å². The summed E-state index contributed by atoms with van der Waals surface area (Å²) in [6.07, 6.45) is 1.80. The molecule has 0 radical (unpaired) electrons. The van der Waals surface area contributed by atoms with Gasteiger partial charge in [0, 0.05) is 18.7 Å². The van der Waals surface area contributed by atoms with E-state index in [1.807, 2.05) is 30.3 Å². The van der Waals surface area contributed by atoms with Gasteiger partial charge in [-0.1, -0.05) is 42.5 Å². The molecule has 23 heavy (non-hydrogen) atoms. The molecule has 1 heterocycles. The minimum atomic E-state index is -2.86. The maximum Gasteiger partial charge on any atom is 0.282 e. The monoisotopic (exact) mass is 317 g/mol. The Kier molecular flexibility index (Phi) is 4.53. The summed E-state index contributed by atoms with van der Waals surface area (Å²) in [4.78, 5) is 1.78. The van der Waals surface area contributed by atoms with Crippen LogP contribution in [0, 0.1) is 5.82 Å². The van der Waals surface area contributed by atoms with E-state index >= 15 is 0 Å². The van der Waals surface area contributed by atoms with Crippen molar-refractivity contribution in [2.24, 2.45) is 0 Å². The minimum absolute atomic E-state index is 0.119. The fourth-order valence-corrected chi connectivity index (χ4v) is 2.84. The minimum Gasteiger partial charge on any atom is -0.293 e. The highest BCUT2D eigenvalue weighted by Crippen LogP contribution is 2.34. The highest BCUT2D eigenvalue weighted by Gasteiger charge is 2.39. The maximum atomic E-state index is 14.4. The molecule has 3 rings (SSSR count). The van der Waals surface area contributed by atoms with Crippen LogP contribution in [0.2, 0.25) is 0 Å². The van der Waals surface area contributed by atoms with Gasteiger partial charge in [0.1, 0.15) is 5.82 Å². The zero-order valence-corrected chi connectivity index (χ0v) is 12.7. The Morgan fingerprint density at radius 3 is 2.35 bits per heavy atom. The molecule has 0 saturated carbocycles. The van der Waals surface area contributed by atoms with Crippen molar-refractivity contribution in [2.75, 3.05) is 13.1 Å². The summed E-state index contributed by atoms with van der Waals surface area (Å²) in [7, 11) is 0. The van der Waals surface area contributed by atoms with Gasteiger partial charge in [-0.05, 0) is 35.8 Å². The van der Waals surface area contributed by atoms with Crippen LogP contribution < -0.4 is 0 Å². The Bertz CT molecular complexity index is 678. The second kappa shape index (κ2) is 6.59. The second-order valence-electron chi connectivity index (χ2n) is 5.87. The number of rotatable bonds is 3. The number of benzene rings is 2. The highest BCUT2D eigenvalue weighted by molar-refractivity contribution is 5.55. The molecule has 1 fully saturated rings. The Labute approximate surface area is 134 Å². The summed E-state index contributed by atoms with van der Waals surface area (Å²) in [5, 5.41) is 0. The van der Waals surface area contributed by atoms with Gasteiger partial charge < -0.3 is 0 Å². The van der Waals surface area contributed by atoms with E-state index in [1.54, 1.807) is 4.90 Å². The van der Waals surface area contributed by atoms with E-state index in [0.717, 1.165) is 5.56 Å². The van der Waals surface area contributed by atoms with E-state index in [2.05, 4.69) is 0 Å². The summed E-state index contributed by atoms with van der Waals surface area (Å²) < 4.78 is 41.7. The molecule has 1 aliphatic rings. The average Bonchev–Trinajstić information content (AvgIpc) is 2.52. The predicted molar refractivity (Wildman–Crippen MR) is 85.7 cm³/mol. The van der Waals surface area contributed by atoms with Gasteiger partial charge in [0.15, 0.2) is 0 Å². The lowest BCUT2D eigenvalue weighted by atomic mass is 9.97. The van der Waals surface area contributed by atoms with Crippen LogP contribution >= 0.6 is 0 Å². The zero-order chi connectivity index (χ0) is 16.3. The van der Waals surface area contributed by atoms with E-state index in [9.17, 15) is 13.2 Å². The first-order chi connectivity index (χ1) is 11.0. The zero-order valence-electron chi connectivity index (χ0n) is 12.7. The van der Waals surface area contributed by atoms with E-state index in [1.165, 1.54) is 30.3 Å². The Balaban J connectivity index is 1.71. The molecule has 1 saturated heterocycles. The summed E-state index contributed by atoms with van der Waals surface area (Å²) in [5.41, 5.74) is 1.76. The number of alkyl halides is 2. The van der Waals surface area contributed by atoms with Gasteiger partial charge in [-0.3, -0.25) is 4.90 Å². The van der Waals surface area contributed by atoms with Crippen molar-refractivity contribution in [3.8, 4) is 0 Å². The SMILES string of the molecule is Fc1ccc(/C=C2\CCN(Cc3ccccc3)CC2(F)F)cc1. The lowest BCUT2D eigenvalue weighted by Crippen LogP contribution is -2.43. The van der Waals surface area contributed by atoms with E-state index in [0.29, 0.717) is 25.1 Å². The maximum absolute atomic E-state index is 14.4. The third-order valence-corrected chi connectivity index (χ3v) is 4.05. The van der Waals surface area contributed by atoms with E-state index in [4.69, 9.17) is 0 Å². The van der Waals surface area contributed by atoms with Gasteiger partial charge in [-0.25, -0.2) is 13.2 Å². The lowest BCUT2D eigenvalue weighted by molar-refractivity contribution is -0.0204. The van der Waals surface area contributed by atoms with Crippen LogP contribution in [-0.4, -0.2) is 23.9 Å². The van der Waals surface area contributed by atoms with Crippen LogP contribution in [0.3, 0.4) is 0 Å². The standard InChI is InChI=1S/C19H18F3N/c20-18-8-6-15(7-9-18)12-17-10-11-23(14-19(17,21)22)13-16-4-2-1-3-5-16/h1-9,12H,10-11,13-14H2/b17-12+. The highest BCUT2D eigenvalue weighted by atomic mass is 19.3. The summed E-state index contributed by atoms with van der Waals surface area (Å²) in [6, 6.07) is 15.3. The Hall–Kier alpha value is -2.07. The molecule has 0 aliphatic carbocycles. The number of halogens is 3. The van der Waals surface area contributed by atoms with Crippen molar-refractivity contribution < 1.29 is 13.2 Å². The Morgan fingerprint density at radius 2 is 1.70 bits per heavy atom. The number of nitrogens with zero attached hydrogens (tertiary/aromatic N) is 1. The fourth-order valence-electron chi connectivity index (χ4n) is 2.84. The molecule has 120 valence electrons. The van der Waals surface area contributed by atoms with Crippen LogP contribution in [0.1, 0.15) is 17.5 Å². The normalized spacial score (nSPS) is 19.9. The van der Waals surface area contributed by atoms with Crippen LogP contribution in [0.15, 0.2) is 60.2 Å². The number of hydrogen-bond acceptors (Lipinski definition) is 1. The summed E-state index contributed by atoms with van der Waals surface area (Å²) in [6.45, 7) is 0.840. The molecule has 2 aromatic rings. The predicted octanol–water partition coefficient (Wildman–Crippen LogP) is 4.75. The molecule has 1 aliphatic heterocycles. The number of likely N-dealkylation sites (tertiary alicyclic amines) is 1. The van der Waals surface area contributed by atoms with Crippen LogP contribution in [0.4, 0.5) is 13.2 Å². The summed E-state index contributed by atoms with van der Waals surface area (Å²) in [5.74, 6) is -3.22. The van der Waals surface area contributed by atoms with E-state index in [-0.39, 0.29) is 17.9 Å². The van der Waals surface area contributed by atoms with Crippen LogP contribution in [0.25, 0.3) is 6.08 Å². The lowest BCUT2D eigenvalue weighted by Gasteiger charge is -2.34. The quantitative estimate of drug-likeness (QED) is 0.789. The Morgan fingerprint density at radius 1 is 1.00 bits per heavy atom. The van der Waals surface area contributed by atoms with Crippen molar-refractivity contribution in [1.29, 1.82) is 0 Å². The molecule has 0 unspecified atom stereocenters. The smallest absolute Gasteiger partial charge is 0.282 e. The van der Waals surface area contributed by atoms with Crippen LogP contribution in [0.5, 0.6) is 0 Å². The largest absolute Gasteiger partial charge is 0.293 e. The molecule has 0 atom stereocenters. The molecule has 0 amide bonds. The summed E-state index contributed by atoms with van der Waals surface area (Å²) >= 11 is 0. The third kappa shape index (κ3) is 4.02. The van der Waals surface area contributed by atoms with Crippen molar-refractivity contribution in [1.82, 2.24) is 4.90 Å². The van der Waals surface area contributed by atoms with Gasteiger partial charge >= 0.3 is 0 Å². The number of piperidine rings is 1.